The maximum atomic E-state index is 12.9. The molecular weight excluding hydrogens is 430 g/mol. The quantitative estimate of drug-likeness (QED) is 0.145. The van der Waals surface area contributed by atoms with Crippen LogP contribution in [-0.2, 0) is 19.2 Å². The number of hydrogen-bond donors (Lipinski definition) is 7. The number of nitrogens with two attached hydrogens (primary N) is 2. The van der Waals surface area contributed by atoms with Gasteiger partial charge >= 0.3 is 5.97 Å². The van der Waals surface area contributed by atoms with Crippen molar-refractivity contribution < 1.29 is 29.4 Å². The van der Waals surface area contributed by atoms with Crippen molar-refractivity contribution >= 4 is 23.7 Å². The summed E-state index contributed by atoms with van der Waals surface area (Å²) in [6, 6.07) is -4.34. The van der Waals surface area contributed by atoms with E-state index in [4.69, 9.17) is 11.5 Å². The fraction of sp³-hybridized carbons (Fsp3) is 0.818. The fourth-order valence-electron chi connectivity index (χ4n) is 3.24. The molecule has 6 unspecified atom stereocenters. The Labute approximate surface area is 196 Å². The normalized spacial score (nSPS) is 16.8. The summed E-state index contributed by atoms with van der Waals surface area (Å²) < 4.78 is 0. The first kappa shape index (κ1) is 30.8. The van der Waals surface area contributed by atoms with Gasteiger partial charge in [0.15, 0.2) is 0 Å². The summed E-state index contributed by atoms with van der Waals surface area (Å²) in [4.78, 5) is 49.7. The minimum absolute atomic E-state index is 0.162. The third-order valence-electron chi connectivity index (χ3n) is 5.48. The van der Waals surface area contributed by atoms with Crippen molar-refractivity contribution in [3.05, 3.63) is 0 Å². The van der Waals surface area contributed by atoms with E-state index in [9.17, 15) is 29.4 Å². The van der Waals surface area contributed by atoms with Gasteiger partial charge in [-0.05, 0) is 51.0 Å². The van der Waals surface area contributed by atoms with Crippen molar-refractivity contribution in [1.29, 1.82) is 0 Å². The van der Waals surface area contributed by atoms with Crippen molar-refractivity contribution in [3.8, 4) is 0 Å². The minimum atomic E-state index is -1.32. The fourth-order valence-corrected chi connectivity index (χ4v) is 3.24. The van der Waals surface area contributed by atoms with E-state index < -0.39 is 54.0 Å². The second-order valence-corrected chi connectivity index (χ2v) is 9.02. The Balaban J connectivity index is 5.42. The van der Waals surface area contributed by atoms with Gasteiger partial charge in [-0.25, -0.2) is 4.79 Å². The number of rotatable bonds is 16. The average Bonchev–Trinajstić information content (AvgIpc) is 2.73. The molecule has 0 aromatic carbocycles. The van der Waals surface area contributed by atoms with E-state index in [-0.39, 0.29) is 18.3 Å². The van der Waals surface area contributed by atoms with Gasteiger partial charge in [0.1, 0.15) is 18.1 Å². The number of amides is 3. The highest BCUT2D eigenvalue weighted by Gasteiger charge is 2.34. The molecule has 0 aliphatic carbocycles. The van der Waals surface area contributed by atoms with Gasteiger partial charge < -0.3 is 37.6 Å². The van der Waals surface area contributed by atoms with Crippen LogP contribution in [0.1, 0.15) is 66.7 Å². The van der Waals surface area contributed by atoms with Crippen LogP contribution in [0.3, 0.4) is 0 Å². The predicted octanol–water partition coefficient (Wildman–Crippen LogP) is -0.545. The summed E-state index contributed by atoms with van der Waals surface area (Å²) in [6.07, 6.45) is 1.04. The van der Waals surface area contributed by atoms with Crippen molar-refractivity contribution in [2.45, 2.75) is 97.0 Å². The molecule has 0 bridgehead atoms. The van der Waals surface area contributed by atoms with Crippen LogP contribution >= 0.6 is 0 Å². The van der Waals surface area contributed by atoms with Gasteiger partial charge in [0.05, 0.1) is 12.1 Å². The van der Waals surface area contributed by atoms with Crippen LogP contribution in [-0.4, -0.2) is 70.7 Å². The number of carboxylic acid groups (broad SMARTS) is 1. The zero-order chi connectivity index (χ0) is 25.7. The lowest BCUT2D eigenvalue weighted by Crippen LogP contribution is -2.61. The molecule has 9 N–H and O–H groups in total. The summed E-state index contributed by atoms with van der Waals surface area (Å²) >= 11 is 0. The summed E-state index contributed by atoms with van der Waals surface area (Å²) in [5, 5.41) is 27.0. The largest absolute Gasteiger partial charge is 0.480 e. The molecule has 11 heteroatoms. The molecule has 0 heterocycles. The van der Waals surface area contributed by atoms with Crippen molar-refractivity contribution in [2.75, 3.05) is 6.54 Å². The molecule has 0 saturated carbocycles. The Bertz CT molecular complexity index is 643. The molecule has 0 aliphatic rings. The number of carbonyl (C=O) groups excluding carboxylic acids is 3. The predicted molar refractivity (Wildman–Crippen MR) is 125 cm³/mol. The van der Waals surface area contributed by atoms with Gasteiger partial charge in [0.2, 0.25) is 17.7 Å². The Hall–Kier alpha value is -2.24. The number of aliphatic hydroxyl groups is 1. The summed E-state index contributed by atoms with van der Waals surface area (Å²) in [5.41, 5.74) is 11.3. The highest BCUT2D eigenvalue weighted by molar-refractivity contribution is 5.94. The minimum Gasteiger partial charge on any atom is -0.480 e. The van der Waals surface area contributed by atoms with Crippen LogP contribution < -0.4 is 27.4 Å². The summed E-state index contributed by atoms with van der Waals surface area (Å²) in [6.45, 7) is 9.13. The van der Waals surface area contributed by atoms with E-state index >= 15 is 0 Å². The number of aliphatic carboxylic acids is 1. The van der Waals surface area contributed by atoms with E-state index in [1.54, 1.807) is 6.92 Å². The van der Waals surface area contributed by atoms with Crippen molar-refractivity contribution in [1.82, 2.24) is 16.0 Å². The third kappa shape index (κ3) is 11.4. The number of hydrogen-bond acceptors (Lipinski definition) is 7. The van der Waals surface area contributed by atoms with Crippen LogP contribution in [0.5, 0.6) is 0 Å². The van der Waals surface area contributed by atoms with E-state index in [1.807, 2.05) is 20.8 Å². The Morgan fingerprint density at radius 1 is 0.879 bits per heavy atom. The maximum absolute atomic E-state index is 12.9. The molecule has 6 atom stereocenters. The van der Waals surface area contributed by atoms with Crippen LogP contribution in [0.4, 0.5) is 0 Å². The third-order valence-corrected chi connectivity index (χ3v) is 5.48. The smallest absolute Gasteiger partial charge is 0.326 e. The zero-order valence-electron chi connectivity index (χ0n) is 20.5. The Kier molecular flexibility index (Phi) is 14.5. The van der Waals surface area contributed by atoms with Gasteiger partial charge in [-0.3, -0.25) is 14.4 Å². The number of carboxylic acids is 1. The second-order valence-electron chi connectivity index (χ2n) is 9.02. The van der Waals surface area contributed by atoms with Crippen LogP contribution in [0, 0.1) is 11.8 Å². The second kappa shape index (κ2) is 15.6. The molecule has 33 heavy (non-hydrogen) atoms. The standard InChI is InChI=1S/C22H43N5O6/c1-6-13(4)17(20(30)25-16(22(32)33)9-7-8-10-23)26-21(31)18(14(5)28)27-19(29)15(24)11-12(2)3/h12-18,28H,6-11,23-24H2,1-5H3,(H,25,30)(H,26,31)(H,27,29)(H,32,33). The average molecular weight is 474 g/mol. The Morgan fingerprint density at radius 3 is 1.88 bits per heavy atom. The first-order chi connectivity index (χ1) is 15.3. The van der Waals surface area contributed by atoms with Gasteiger partial charge in [-0.15, -0.1) is 0 Å². The van der Waals surface area contributed by atoms with E-state index in [0.29, 0.717) is 32.2 Å². The molecule has 192 valence electrons. The molecule has 0 aliphatic heterocycles. The Morgan fingerprint density at radius 2 is 1.42 bits per heavy atom. The highest BCUT2D eigenvalue weighted by Crippen LogP contribution is 2.11. The van der Waals surface area contributed by atoms with Crippen LogP contribution in [0.25, 0.3) is 0 Å². The molecule has 0 aromatic rings. The zero-order valence-corrected chi connectivity index (χ0v) is 20.5. The number of aliphatic hydroxyl groups excluding tert-OH is 1. The van der Waals surface area contributed by atoms with Gasteiger partial charge in [0.25, 0.3) is 0 Å². The molecule has 0 rings (SSSR count). The number of unbranched alkanes of at least 4 members (excludes halogenated alkanes) is 1. The first-order valence-electron chi connectivity index (χ1n) is 11.6. The van der Waals surface area contributed by atoms with Crippen LogP contribution in [0.15, 0.2) is 0 Å². The molecule has 0 radical (unpaired) electrons. The van der Waals surface area contributed by atoms with Crippen molar-refractivity contribution in [3.63, 3.8) is 0 Å². The van der Waals surface area contributed by atoms with E-state index in [2.05, 4.69) is 16.0 Å². The molecule has 11 nitrogen and oxygen atoms in total. The molecule has 0 aromatic heterocycles. The monoisotopic (exact) mass is 473 g/mol. The molecule has 0 saturated heterocycles. The van der Waals surface area contributed by atoms with Crippen LogP contribution in [0.2, 0.25) is 0 Å². The molecular formula is C22H43N5O6. The van der Waals surface area contributed by atoms with Gasteiger partial charge in [-0.1, -0.05) is 34.1 Å². The van der Waals surface area contributed by atoms with Gasteiger partial charge in [0, 0.05) is 0 Å². The first-order valence-corrected chi connectivity index (χ1v) is 11.6. The summed E-state index contributed by atoms with van der Waals surface area (Å²) in [5.74, 6) is -3.34. The number of carbonyl (C=O) groups is 4. The molecule has 0 spiro atoms. The van der Waals surface area contributed by atoms with Gasteiger partial charge in [-0.2, -0.15) is 0 Å². The molecule has 0 fully saturated rings. The lowest BCUT2D eigenvalue weighted by atomic mass is 9.96. The topological polar surface area (TPSA) is 197 Å². The lowest BCUT2D eigenvalue weighted by molar-refractivity contribution is -0.143. The lowest BCUT2D eigenvalue weighted by Gasteiger charge is -2.29. The molecule has 3 amide bonds. The van der Waals surface area contributed by atoms with Crippen molar-refractivity contribution in [2.24, 2.45) is 23.3 Å². The van der Waals surface area contributed by atoms with E-state index in [1.165, 1.54) is 6.92 Å². The maximum Gasteiger partial charge on any atom is 0.326 e. The van der Waals surface area contributed by atoms with E-state index in [0.717, 1.165) is 0 Å². The SMILES string of the molecule is CCC(C)C(NC(=O)C(NC(=O)C(N)CC(C)C)C(C)O)C(=O)NC(CCCCN)C(=O)O. The highest BCUT2D eigenvalue weighted by atomic mass is 16.4. The summed E-state index contributed by atoms with van der Waals surface area (Å²) in [7, 11) is 0. The number of nitrogens with one attached hydrogen (secondary N) is 3.